The third kappa shape index (κ3) is 2.40. The second-order valence-corrected chi connectivity index (χ2v) is 8.22. The van der Waals surface area contributed by atoms with Gasteiger partial charge in [-0.3, -0.25) is 0 Å². The van der Waals surface area contributed by atoms with Gasteiger partial charge in [0.05, 0.1) is 24.0 Å². The van der Waals surface area contributed by atoms with Gasteiger partial charge in [-0.1, -0.05) is 6.92 Å². The van der Waals surface area contributed by atoms with Gasteiger partial charge in [0.25, 0.3) is 0 Å². The third-order valence-electron chi connectivity index (χ3n) is 3.88. The van der Waals surface area contributed by atoms with Gasteiger partial charge in [0.1, 0.15) is 9.90 Å². The topological polar surface area (TPSA) is 94.3 Å². The van der Waals surface area contributed by atoms with E-state index in [1.807, 2.05) is 6.92 Å². The molecule has 0 radical (unpaired) electrons. The maximum Gasteiger partial charge on any atom is 0.185 e. The average Bonchev–Trinajstić information content (AvgIpc) is 3.05. The Hall–Kier alpha value is -0.860. The average molecular weight is 317 g/mol. The molecular formula is C12H19N3O3S2. The fourth-order valence-corrected chi connectivity index (χ4v) is 5.69. The van der Waals surface area contributed by atoms with Gasteiger partial charge in [-0.2, -0.15) is 4.37 Å². The second-order valence-electron chi connectivity index (χ2n) is 5.41. The van der Waals surface area contributed by atoms with E-state index < -0.39 is 9.84 Å². The highest BCUT2D eigenvalue weighted by Crippen LogP contribution is 2.39. The largest absolute Gasteiger partial charge is 0.382 e. The minimum Gasteiger partial charge on any atom is -0.382 e. The highest BCUT2D eigenvalue weighted by Gasteiger charge is 2.41. The Kier molecular flexibility index (Phi) is 3.64. The molecule has 3 heterocycles. The Bertz CT molecular complexity index is 599. The van der Waals surface area contributed by atoms with Crippen molar-refractivity contribution in [2.45, 2.75) is 55.8 Å². The SMILES string of the molecule is CCCS(=O)(=O)c1c(N)nsc1NC1CC2CCC1O2. The smallest absolute Gasteiger partial charge is 0.185 e. The number of aromatic nitrogens is 1. The van der Waals surface area contributed by atoms with Crippen LogP contribution in [0.4, 0.5) is 10.8 Å². The van der Waals surface area contributed by atoms with Gasteiger partial charge in [-0.15, -0.1) is 0 Å². The molecule has 2 fully saturated rings. The van der Waals surface area contributed by atoms with Gasteiger partial charge in [0, 0.05) is 0 Å². The molecule has 1 aromatic rings. The fraction of sp³-hybridized carbons (Fsp3) is 0.750. The summed E-state index contributed by atoms with van der Waals surface area (Å²) in [6.07, 6.45) is 4.13. The Morgan fingerprint density at radius 1 is 1.50 bits per heavy atom. The summed E-state index contributed by atoms with van der Waals surface area (Å²) in [5.74, 6) is 0.201. The maximum atomic E-state index is 12.3. The fourth-order valence-electron chi connectivity index (χ4n) is 3.02. The third-order valence-corrected chi connectivity index (χ3v) is 6.78. The minimum absolute atomic E-state index is 0.0948. The van der Waals surface area contributed by atoms with Gasteiger partial charge < -0.3 is 15.8 Å². The lowest BCUT2D eigenvalue weighted by Crippen LogP contribution is -2.30. The molecule has 8 heteroatoms. The van der Waals surface area contributed by atoms with E-state index in [1.54, 1.807) is 0 Å². The first-order valence-corrected chi connectivity index (χ1v) is 9.33. The number of anilines is 2. The van der Waals surface area contributed by atoms with Crippen LogP contribution in [0, 0.1) is 0 Å². The molecule has 3 unspecified atom stereocenters. The number of nitrogen functional groups attached to an aromatic ring is 1. The number of fused-ring (bicyclic) bond motifs is 2. The lowest BCUT2D eigenvalue weighted by molar-refractivity contribution is 0.102. The molecule has 6 nitrogen and oxygen atoms in total. The predicted octanol–water partition coefficient (Wildman–Crippen LogP) is 1.64. The summed E-state index contributed by atoms with van der Waals surface area (Å²) in [5, 5.41) is 3.86. The van der Waals surface area contributed by atoms with Crippen LogP contribution in [0.25, 0.3) is 0 Å². The summed E-state index contributed by atoms with van der Waals surface area (Å²) >= 11 is 1.12. The van der Waals surface area contributed by atoms with Gasteiger partial charge in [-0.05, 0) is 37.2 Å². The summed E-state index contributed by atoms with van der Waals surface area (Å²) in [4.78, 5) is 0.173. The number of rotatable bonds is 5. The Morgan fingerprint density at radius 2 is 2.30 bits per heavy atom. The van der Waals surface area contributed by atoms with Crippen molar-refractivity contribution in [2.24, 2.45) is 0 Å². The molecule has 3 rings (SSSR count). The molecule has 3 N–H and O–H groups in total. The quantitative estimate of drug-likeness (QED) is 0.857. The number of sulfone groups is 1. The highest BCUT2D eigenvalue weighted by molar-refractivity contribution is 7.91. The van der Waals surface area contributed by atoms with Crippen LogP contribution in [0.1, 0.15) is 32.6 Å². The lowest BCUT2D eigenvalue weighted by atomic mass is 9.96. The number of nitrogens with one attached hydrogen (secondary N) is 1. The second kappa shape index (κ2) is 5.16. The van der Waals surface area contributed by atoms with E-state index in [4.69, 9.17) is 10.5 Å². The molecule has 0 saturated carbocycles. The molecule has 0 amide bonds. The first kappa shape index (κ1) is 14.1. The molecule has 1 aromatic heterocycles. The van der Waals surface area contributed by atoms with Gasteiger partial charge in [-0.25, -0.2) is 8.42 Å². The summed E-state index contributed by atoms with van der Waals surface area (Å²) in [5.41, 5.74) is 5.76. The molecular weight excluding hydrogens is 298 g/mol. The molecule has 112 valence electrons. The molecule has 2 aliphatic heterocycles. The summed E-state index contributed by atoms with van der Waals surface area (Å²) in [6, 6.07) is 0.171. The van der Waals surface area contributed by atoms with Crippen LogP contribution in [0.3, 0.4) is 0 Å². The van der Waals surface area contributed by atoms with Crippen molar-refractivity contribution in [1.29, 1.82) is 0 Å². The molecule has 2 aliphatic rings. The molecule has 0 aliphatic carbocycles. The summed E-state index contributed by atoms with van der Waals surface area (Å²) in [6.45, 7) is 1.84. The number of nitrogens with two attached hydrogens (primary N) is 1. The van der Waals surface area contributed by atoms with E-state index in [0.29, 0.717) is 17.5 Å². The van der Waals surface area contributed by atoms with Crippen molar-refractivity contribution < 1.29 is 13.2 Å². The number of hydrogen-bond donors (Lipinski definition) is 2. The maximum absolute atomic E-state index is 12.3. The van der Waals surface area contributed by atoms with Gasteiger partial charge in [0.2, 0.25) is 0 Å². The molecule has 2 saturated heterocycles. The van der Waals surface area contributed by atoms with Crippen LogP contribution in [0.5, 0.6) is 0 Å². The van der Waals surface area contributed by atoms with Crippen molar-refractivity contribution in [3.8, 4) is 0 Å². The van der Waals surface area contributed by atoms with Gasteiger partial charge in [0.15, 0.2) is 15.7 Å². The first-order chi connectivity index (χ1) is 9.51. The lowest BCUT2D eigenvalue weighted by Gasteiger charge is -2.20. The van der Waals surface area contributed by atoms with Crippen LogP contribution in [-0.2, 0) is 14.6 Å². The van der Waals surface area contributed by atoms with Crippen molar-refractivity contribution in [3.63, 3.8) is 0 Å². The van der Waals surface area contributed by atoms with Gasteiger partial charge >= 0.3 is 0 Å². The summed E-state index contributed by atoms with van der Waals surface area (Å²) < 4.78 is 34.4. The zero-order valence-electron chi connectivity index (χ0n) is 11.3. The first-order valence-electron chi connectivity index (χ1n) is 6.91. The number of nitrogens with zero attached hydrogens (tertiary/aromatic N) is 1. The molecule has 3 atom stereocenters. The van der Waals surface area contributed by atoms with Crippen LogP contribution in [0.2, 0.25) is 0 Å². The van der Waals surface area contributed by atoms with Crippen LogP contribution >= 0.6 is 11.5 Å². The molecule has 20 heavy (non-hydrogen) atoms. The van der Waals surface area contributed by atoms with E-state index in [-0.39, 0.29) is 28.6 Å². The Balaban J connectivity index is 1.84. The van der Waals surface area contributed by atoms with Crippen LogP contribution in [-0.4, -0.2) is 36.8 Å². The zero-order chi connectivity index (χ0) is 14.3. The highest BCUT2D eigenvalue weighted by atomic mass is 32.2. The monoisotopic (exact) mass is 317 g/mol. The molecule has 2 bridgehead atoms. The van der Waals surface area contributed by atoms with Crippen molar-refractivity contribution >= 4 is 32.2 Å². The van der Waals surface area contributed by atoms with E-state index in [2.05, 4.69) is 9.69 Å². The van der Waals surface area contributed by atoms with Crippen LogP contribution in [0.15, 0.2) is 4.90 Å². The summed E-state index contributed by atoms with van der Waals surface area (Å²) in [7, 11) is -3.36. The van der Waals surface area contributed by atoms with E-state index in [1.165, 1.54) is 0 Å². The minimum atomic E-state index is -3.36. The number of ether oxygens (including phenoxy) is 1. The Labute approximate surface area is 122 Å². The van der Waals surface area contributed by atoms with E-state index in [9.17, 15) is 8.42 Å². The normalized spacial score (nSPS) is 28.9. The standard InChI is InChI=1S/C12H19N3O3S2/c1-2-5-20(16,17)10-11(13)15-19-12(10)14-8-6-7-3-4-9(8)18-7/h7-9,14H,2-6H2,1H3,(H2,13,15). The van der Waals surface area contributed by atoms with Crippen molar-refractivity contribution in [2.75, 3.05) is 16.8 Å². The van der Waals surface area contributed by atoms with E-state index >= 15 is 0 Å². The van der Waals surface area contributed by atoms with Crippen molar-refractivity contribution in [3.05, 3.63) is 0 Å². The molecule has 0 spiro atoms. The molecule has 0 aromatic carbocycles. The zero-order valence-corrected chi connectivity index (χ0v) is 13.0. The van der Waals surface area contributed by atoms with Crippen molar-refractivity contribution in [1.82, 2.24) is 4.37 Å². The predicted molar refractivity (Wildman–Crippen MR) is 78.8 cm³/mol. The van der Waals surface area contributed by atoms with Crippen LogP contribution < -0.4 is 11.1 Å². The van der Waals surface area contributed by atoms with E-state index in [0.717, 1.165) is 30.8 Å². The number of hydrogen-bond acceptors (Lipinski definition) is 7. The Morgan fingerprint density at radius 3 is 2.90 bits per heavy atom.